The molecule has 120 valence electrons. The van der Waals surface area contributed by atoms with Crippen molar-refractivity contribution in [3.05, 3.63) is 64.4 Å². The van der Waals surface area contributed by atoms with Crippen LogP contribution in [0.15, 0.2) is 42.5 Å². The van der Waals surface area contributed by atoms with E-state index in [1.54, 1.807) is 6.07 Å². The standard InChI is InChI=1S/C16H14ClFN2O3/c1-23-14-9-11(17)4-7-13(14)16(22)20-19-15(21)8-10-2-5-12(18)6-3-10/h2-7,9H,8H2,1H3,(H,19,21)(H,20,22). The Balaban J connectivity index is 1.93. The Labute approximate surface area is 137 Å². The second-order valence-corrected chi connectivity index (χ2v) is 5.09. The molecule has 0 fully saturated rings. The predicted molar refractivity (Wildman–Crippen MR) is 83.7 cm³/mol. The van der Waals surface area contributed by atoms with E-state index in [0.29, 0.717) is 16.3 Å². The first-order chi connectivity index (χ1) is 11.0. The van der Waals surface area contributed by atoms with Gasteiger partial charge in [-0.25, -0.2) is 4.39 Å². The molecule has 0 radical (unpaired) electrons. The highest BCUT2D eigenvalue weighted by Gasteiger charge is 2.13. The summed E-state index contributed by atoms with van der Waals surface area (Å²) in [5.74, 6) is -1.05. The van der Waals surface area contributed by atoms with Crippen molar-refractivity contribution in [1.29, 1.82) is 0 Å². The van der Waals surface area contributed by atoms with Crippen molar-refractivity contribution >= 4 is 23.4 Å². The van der Waals surface area contributed by atoms with Crippen molar-refractivity contribution in [2.75, 3.05) is 7.11 Å². The highest BCUT2D eigenvalue weighted by molar-refractivity contribution is 6.30. The second kappa shape index (κ2) is 7.60. The van der Waals surface area contributed by atoms with Gasteiger partial charge in [-0.3, -0.25) is 20.4 Å². The molecule has 0 spiro atoms. The number of halogens is 2. The molecule has 0 saturated carbocycles. The van der Waals surface area contributed by atoms with E-state index >= 15 is 0 Å². The van der Waals surface area contributed by atoms with Gasteiger partial charge in [0.25, 0.3) is 5.91 Å². The molecule has 0 unspecified atom stereocenters. The third-order valence-corrected chi connectivity index (χ3v) is 3.24. The van der Waals surface area contributed by atoms with Crippen LogP contribution >= 0.6 is 11.6 Å². The number of methoxy groups -OCH3 is 1. The number of rotatable bonds is 4. The maximum absolute atomic E-state index is 12.8. The maximum atomic E-state index is 12.8. The zero-order valence-electron chi connectivity index (χ0n) is 12.2. The minimum Gasteiger partial charge on any atom is -0.496 e. The molecule has 0 saturated heterocycles. The van der Waals surface area contributed by atoms with E-state index in [1.165, 1.54) is 43.5 Å². The van der Waals surface area contributed by atoms with E-state index in [9.17, 15) is 14.0 Å². The molecule has 0 aromatic heterocycles. The Hall–Kier alpha value is -2.60. The summed E-state index contributed by atoms with van der Waals surface area (Å²) in [6.45, 7) is 0. The van der Waals surface area contributed by atoms with Crippen LogP contribution in [0.25, 0.3) is 0 Å². The van der Waals surface area contributed by atoms with Crippen molar-refractivity contribution in [3.8, 4) is 5.75 Å². The van der Waals surface area contributed by atoms with Crippen LogP contribution in [0.1, 0.15) is 15.9 Å². The zero-order chi connectivity index (χ0) is 16.8. The minimum atomic E-state index is -0.536. The topological polar surface area (TPSA) is 67.4 Å². The molecule has 0 heterocycles. The number of amides is 2. The number of hydrogen-bond donors (Lipinski definition) is 2. The van der Waals surface area contributed by atoms with Gasteiger partial charge in [-0.2, -0.15) is 0 Å². The van der Waals surface area contributed by atoms with Crippen molar-refractivity contribution in [3.63, 3.8) is 0 Å². The third kappa shape index (κ3) is 4.69. The molecule has 23 heavy (non-hydrogen) atoms. The number of ether oxygens (including phenoxy) is 1. The molecule has 2 amide bonds. The van der Waals surface area contributed by atoms with Gasteiger partial charge in [0.05, 0.1) is 19.1 Å². The number of hydrazine groups is 1. The molecule has 2 rings (SSSR count). The summed E-state index contributed by atoms with van der Waals surface area (Å²) >= 11 is 5.82. The lowest BCUT2D eigenvalue weighted by molar-refractivity contribution is -0.121. The van der Waals surface area contributed by atoms with Gasteiger partial charge in [-0.05, 0) is 35.9 Å². The summed E-state index contributed by atoms with van der Waals surface area (Å²) in [5, 5.41) is 0.429. The van der Waals surface area contributed by atoms with Gasteiger partial charge < -0.3 is 4.74 Å². The quantitative estimate of drug-likeness (QED) is 0.843. The first-order valence-corrected chi connectivity index (χ1v) is 7.04. The van der Waals surface area contributed by atoms with Crippen molar-refractivity contribution in [1.82, 2.24) is 10.9 Å². The van der Waals surface area contributed by atoms with Gasteiger partial charge in [0.2, 0.25) is 5.91 Å². The Morgan fingerprint density at radius 2 is 1.83 bits per heavy atom. The van der Waals surface area contributed by atoms with Crippen LogP contribution in [-0.4, -0.2) is 18.9 Å². The van der Waals surface area contributed by atoms with E-state index in [2.05, 4.69) is 10.9 Å². The van der Waals surface area contributed by atoms with Crippen LogP contribution in [0.5, 0.6) is 5.75 Å². The van der Waals surface area contributed by atoms with Gasteiger partial charge in [-0.1, -0.05) is 23.7 Å². The number of benzene rings is 2. The lowest BCUT2D eigenvalue weighted by Crippen LogP contribution is -2.42. The third-order valence-electron chi connectivity index (χ3n) is 3.00. The Morgan fingerprint density at radius 1 is 1.13 bits per heavy atom. The summed E-state index contributed by atoms with van der Waals surface area (Å²) < 4.78 is 17.9. The van der Waals surface area contributed by atoms with Crippen LogP contribution < -0.4 is 15.6 Å². The van der Waals surface area contributed by atoms with E-state index < -0.39 is 11.8 Å². The summed E-state index contributed by atoms with van der Waals surface area (Å²) in [5.41, 5.74) is 5.44. The number of carbonyl (C=O) groups is 2. The largest absolute Gasteiger partial charge is 0.496 e. The van der Waals surface area contributed by atoms with Gasteiger partial charge in [0, 0.05) is 5.02 Å². The lowest BCUT2D eigenvalue weighted by Gasteiger charge is -2.10. The van der Waals surface area contributed by atoms with E-state index in [1.807, 2.05) is 0 Å². The smallest absolute Gasteiger partial charge is 0.273 e. The molecule has 2 aromatic carbocycles. The molecular weight excluding hydrogens is 323 g/mol. The molecule has 5 nitrogen and oxygen atoms in total. The van der Waals surface area contributed by atoms with Crippen molar-refractivity contribution in [2.45, 2.75) is 6.42 Å². The maximum Gasteiger partial charge on any atom is 0.273 e. The predicted octanol–water partition coefficient (Wildman–Crippen LogP) is 2.49. The van der Waals surface area contributed by atoms with Crippen molar-refractivity contribution in [2.24, 2.45) is 0 Å². The summed E-state index contributed by atoms with van der Waals surface area (Å²) in [6.07, 6.45) is 0.0122. The molecule has 7 heteroatoms. The Bertz CT molecular complexity index is 720. The Morgan fingerprint density at radius 3 is 2.48 bits per heavy atom. The first-order valence-electron chi connectivity index (χ1n) is 6.67. The molecule has 0 atom stereocenters. The van der Waals surface area contributed by atoms with E-state index in [4.69, 9.17) is 16.3 Å². The Kier molecular flexibility index (Phi) is 5.54. The number of hydrogen-bond acceptors (Lipinski definition) is 3. The normalized spacial score (nSPS) is 10.0. The van der Waals surface area contributed by atoms with Crippen LogP contribution in [0.3, 0.4) is 0 Å². The monoisotopic (exact) mass is 336 g/mol. The first kappa shape index (κ1) is 16.8. The van der Waals surface area contributed by atoms with Gasteiger partial charge in [0.1, 0.15) is 11.6 Å². The summed E-state index contributed by atoms with van der Waals surface area (Å²) in [7, 11) is 1.41. The van der Waals surface area contributed by atoms with Crippen molar-refractivity contribution < 1.29 is 18.7 Å². The highest BCUT2D eigenvalue weighted by atomic mass is 35.5. The molecule has 0 aliphatic rings. The average molecular weight is 337 g/mol. The molecule has 2 N–H and O–H groups in total. The zero-order valence-corrected chi connectivity index (χ0v) is 13.0. The fourth-order valence-corrected chi connectivity index (χ4v) is 2.04. The number of nitrogens with one attached hydrogen (secondary N) is 2. The fraction of sp³-hybridized carbons (Fsp3) is 0.125. The average Bonchev–Trinajstić information content (AvgIpc) is 2.54. The van der Waals surface area contributed by atoms with Gasteiger partial charge in [0.15, 0.2) is 0 Å². The number of carbonyl (C=O) groups excluding carboxylic acids is 2. The van der Waals surface area contributed by atoms with Gasteiger partial charge in [-0.15, -0.1) is 0 Å². The van der Waals surface area contributed by atoms with Crippen LogP contribution in [0.2, 0.25) is 5.02 Å². The summed E-state index contributed by atoms with van der Waals surface area (Å²) in [6, 6.07) is 10.1. The molecule has 0 aliphatic carbocycles. The SMILES string of the molecule is COc1cc(Cl)ccc1C(=O)NNC(=O)Cc1ccc(F)cc1. The van der Waals surface area contributed by atoms with Crippen LogP contribution in [-0.2, 0) is 11.2 Å². The molecule has 2 aromatic rings. The summed E-state index contributed by atoms with van der Waals surface area (Å²) in [4.78, 5) is 23.8. The van der Waals surface area contributed by atoms with Crippen LogP contribution in [0.4, 0.5) is 4.39 Å². The molecular formula is C16H14ClFN2O3. The van der Waals surface area contributed by atoms with Gasteiger partial charge >= 0.3 is 0 Å². The fourth-order valence-electron chi connectivity index (χ4n) is 1.88. The molecule has 0 bridgehead atoms. The highest BCUT2D eigenvalue weighted by Crippen LogP contribution is 2.22. The second-order valence-electron chi connectivity index (χ2n) is 4.65. The lowest BCUT2D eigenvalue weighted by atomic mass is 10.1. The minimum absolute atomic E-state index is 0.0122. The van der Waals surface area contributed by atoms with E-state index in [0.717, 1.165) is 0 Å². The van der Waals surface area contributed by atoms with E-state index in [-0.39, 0.29) is 17.8 Å². The molecule has 0 aliphatic heterocycles. The van der Waals surface area contributed by atoms with Crippen LogP contribution in [0, 0.1) is 5.82 Å².